The van der Waals surface area contributed by atoms with Gasteiger partial charge in [-0.1, -0.05) is 0 Å². The van der Waals surface area contributed by atoms with Crippen molar-refractivity contribution in [3.05, 3.63) is 0 Å². The molecule has 4 atom stereocenters. The summed E-state index contributed by atoms with van der Waals surface area (Å²) in [7, 11) is 1.42. The van der Waals surface area contributed by atoms with E-state index in [1.165, 1.54) is 14.0 Å². The molecule has 0 aliphatic rings. The Morgan fingerprint density at radius 1 is 1.06 bits per heavy atom. The number of ether oxygens (including phenoxy) is 1. The molecule has 0 rings (SSSR count). The molecule has 8 nitrogen and oxygen atoms in total. The van der Waals surface area contributed by atoms with Crippen LogP contribution in [0.4, 0.5) is 0 Å². The largest absolute Gasteiger partial charge is 0.480 e. The highest BCUT2D eigenvalue weighted by atomic mass is 16.5. The number of carboxylic acid groups (broad SMARTS) is 2. The van der Waals surface area contributed by atoms with E-state index in [0.717, 1.165) is 0 Å². The van der Waals surface area contributed by atoms with Crippen LogP contribution in [-0.4, -0.2) is 58.7 Å². The summed E-state index contributed by atoms with van der Waals surface area (Å²) in [5, 5.41) is 24.8. The van der Waals surface area contributed by atoms with E-state index >= 15 is 0 Å². The van der Waals surface area contributed by atoms with Crippen molar-refractivity contribution in [2.75, 3.05) is 7.11 Å². The van der Waals surface area contributed by atoms with Gasteiger partial charge < -0.3 is 31.5 Å². The maximum atomic E-state index is 10.1. The molecule has 0 aliphatic carbocycles. The summed E-state index contributed by atoms with van der Waals surface area (Å²) in [5.41, 5.74) is 10.1. The molecule has 102 valence electrons. The quantitative estimate of drug-likeness (QED) is 0.384. The molecule has 0 heterocycles. The van der Waals surface area contributed by atoms with E-state index in [4.69, 9.17) is 26.8 Å². The number of hydrogen-bond donors (Lipinski definition) is 5. The van der Waals surface area contributed by atoms with Gasteiger partial charge in [-0.3, -0.25) is 9.59 Å². The molecule has 8 heteroatoms. The second kappa shape index (κ2) is 8.88. The van der Waals surface area contributed by atoms with Crippen molar-refractivity contribution in [3.63, 3.8) is 0 Å². The molecule has 0 bridgehead atoms. The maximum Gasteiger partial charge on any atom is 0.323 e. The second-order valence-corrected chi connectivity index (χ2v) is 3.41. The highest BCUT2D eigenvalue weighted by molar-refractivity contribution is 5.74. The van der Waals surface area contributed by atoms with Crippen LogP contribution in [0.3, 0.4) is 0 Å². The molecule has 0 aromatic carbocycles. The molecule has 0 radical (unpaired) electrons. The Morgan fingerprint density at radius 3 is 1.47 bits per heavy atom. The Labute approximate surface area is 99.2 Å². The van der Waals surface area contributed by atoms with Gasteiger partial charge in [0.25, 0.3) is 0 Å². The lowest BCUT2D eigenvalue weighted by Crippen LogP contribution is -2.40. The smallest absolute Gasteiger partial charge is 0.323 e. The SMILES string of the molecule is CC(O)C(N)C(=O)O.COC(C)C(N)C(=O)O. The van der Waals surface area contributed by atoms with E-state index in [-0.39, 0.29) is 0 Å². The van der Waals surface area contributed by atoms with Gasteiger partial charge in [0, 0.05) is 7.11 Å². The number of methoxy groups -OCH3 is 1. The van der Waals surface area contributed by atoms with Gasteiger partial charge in [0.05, 0.1) is 12.2 Å². The van der Waals surface area contributed by atoms with Crippen molar-refractivity contribution in [2.45, 2.75) is 38.1 Å². The predicted octanol–water partition coefficient (Wildman–Crippen LogP) is -1.79. The van der Waals surface area contributed by atoms with Gasteiger partial charge in [0.1, 0.15) is 12.1 Å². The lowest BCUT2D eigenvalue weighted by molar-refractivity contribution is -0.142. The van der Waals surface area contributed by atoms with Gasteiger partial charge in [0.15, 0.2) is 0 Å². The van der Waals surface area contributed by atoms with Gasteiger partial charge in [-0.05, 0) is 13.8 Å². The van der Waals surface area contributed by atoms with Crippen molar-refractivity contribution in [2.24, 2.45) is 11.5 Å². The first-order valence-electron chi connectivity index (χ1n) is 4.82. The molecule has 0 aromatic rings. The highest BCUT2D eigenvalue weighted by Gasteiger charge is 2.18. The van der Waals surface area contributed by atoms with Crippen molar-refractivity contribution in [1.82, 2.24) is 0 Å². The normalized spacial score (nSPS) is 17.1. The maximum absolute atomic E-state index is 10.1. The van der Waals surface area contributed by atoms with E-state index < -0.39 is 36.2 Å². The summed E-state index contributed by atoms with van der Waals surface area (Å²) in [6.45, 7) is 2.94. The average molecular weight is 252 g/mol. The predicted molar refractivity (Wildman–Crippen MR) is 59.4 cm³/mol. The second-order valence-electron chi connectivity index (χ2n) is 3.41. The summed E-state index contributed by atoms with van der Waals surface area (Å²) in [6.07, 6.45) is -1.41. The number of aliphatic hydroxyl groups is 1. The molecule has 17 heavy (non-hydrogen) atoms. The van der Waals surface area contributed by atoms with Gasteiger partial charge in [-0.2, -0.15) is 0 Å². The van der Waals surface area contributed by atoms with Crippen molar-refractivity contribution in [1.29, 1.82) is 0 Å². The zero-order valence-corrected chi connectivity index (χ0v) is 10.0. The molecule has 4 unspecified atom stereocenters. The Morgan fingerprint density at radius 2 is 1.41 bits per heavy atom. The molecule has 0 saturated heterocycles. The first-order chi connectivity index (χ1) is 7.64. The first-order valence-corrected chi connectivity index (χ1v) is 4.82. The minimum Gasteiger partial charge on any atom is -0.480 e. The minimum atomic E-state index is -1.18. The zero-order valence-electron chi connectivity index (χ0n) is 10.0. The summed E-state index contributed by atoms with van der Waals surface area (Å²) in [5.74, 6) is -2.22. The zero-order chi connectivity index (χ0) is 14.2. The fraction of sp³-hybridized carbons (Fsp3) is 0.778. The van der Waals surface area contributed by atoms with Gasteiger partial charge >= 0.3 is 11.9 Å². The van der Waals surface area contributed by atoms with Crippen LogP contribution >= 0.6 is 0 Å². The molecule has 0 aromatic heterocycles. The fourth-order valence-electron chi connectivity index (χ4n) is 0.554. The number of carbonyl (C=O) groups is 2. The van der Waals surface area contributed by atoms with Crippen LogP contribution in [0.15, 0.2) is 0 Å². The van der Waals surface area contributed by atoms with Crippen molar-refractivity contribution >= 4 is 11.9 Å². The Balaban J connectivity index is 0. The number of aliphatic hydroxyl groups excluding tert-OH is 1. The lowest BCUT2D eigenvalue weighted by atomic mass is 10.2. The molecule has 0 spiro atoms. The van der Waals surface area contributed by atoms with Crippen LogP contribution in [0, 0.1) is 0 Å². The van der Waals surface area contributed by atoms with Crippen LogP contribution in [0.2, 0.25) is 0 Å². The highest BCUT2D eigenvalue weighted by Crippen LogP contribution is 1.92. The summed E-state index contributed by atoms with van der Waals surface area (Å²) >= 11 is 0. The Bertz CT molecular complexity index is 246. The third-order valence-electron chi connectivity index (χ3n) is 1.97. The Kier molecular flexibility index (Phi) is 9.48. The summed E-state index contributed by atoms with van der Waals surface area (Å²) in [6, 6.07) is -2.08. The third kappa shape index (κ3) is 8.57. The van der Waals surface area contributed by atoms with Gasteiger partial charge in [-0.25, -0.2) is 0 Å². The van der Waals surface area contributed by atoms with E-state index in [9.17, 15) is 9.59 Å². The van der Waals surface area contributed by atoms with E-state index in [0.29, 0.717) is 0 Å². The number of nitrogens with two attached hydrogens (primary N) is 2. The number of aliphatic carboxylic acids is 2. The molecule has 0 fully saturated rings. The minimum absolute atomic E-state index is 0.428. The molecule has 0 saturated carbocycles. The number of rotatable bonds is 5. The van der Waals surface area contributed by atoms with Crippen LogP contribution in [0.5, 0.6) is 0 Å². The summed E-state index contributed by atoms with van der Waals surface area (Å²) in [4.78, 5) is 20.0. The van der Waals surface area contributed by atoms with Gasteiger partial charge in [0.2, 0.25) is 0 Å². The third-order valence-corrected chi connectivity index (χ3v) is 1.97. The summed E-state index contributed by atoms with van der Waals surface area (Å²) < 4.78 is 4.67. The lowest BCUT2D eigenvalue weighted by Gasteiger charge is -2.12. The van der Waals surface area contributed by atoms with Crippen LogP contribution in [0.1, 0.15) is 13.8 Å². The van der Waals surface area contributed by atoms with Crippen molar-refractivity contribution < 1.29 is 29.6 Å². The first kappa shape index (κ1) is 18.2. The van der Waals surface area contributed by atoms with E-state index in [2.05, 4.69) is 4.74 Å². The number of hydrogen-bond acceptors (Lipinski definition) is 6. The van der Waals surface area contributed by atoms with Crippen LogP contribution < -0.4 is 11.5 Å². The molecule has 0 aliphatic heterocycles. The van der Waals surface area contributed by atoms with Crippen LogP contribution in [0.25, 0.3) is 0 Å². The van der Waals surface area contributed by atoms with E-state index in [1.54, 1.807) is 6.92 Å². The Hall–Kier alpha value is -1.22. The average Bonchev–Trinajstić information content (AvgIpc) is 2.26. The van der Waals surface area contributed by atoms with E-state index in [1.807, 2.05) is 0 Å². The standard InChI is InChI=1S/C5H11NO3.C4H9NO3/c1-3(9-2)4(6)5(7)8;1-2(6)3(5)4(7)8/h3-4H,6H2,1-2H3,(H,7,8);2-3,6H,5H2,1H3,(H,7,8). The topological polar surface area (TPSA) is 156 Å². The monoisotopic (exact) mass is 252 g/mol. The van der Waals surface area contributed by atoms with Crippen molar-refractivity contribution in [3.8, 4) is 0 Å². The fourth-order valence-corrected chi connectivity index (χ4v) is 0.554. The van der Waals surface area contributed by atoms with Crippen LogP contribution in [-0.2, 0) is 14.3 Å². The molecule has 0 amide bonds. The van der Waals surface area contributed by atoms with Gasteiger partial charge in [-0.15, -0.1) is 0 Å². The number of carboxylic acids is 2. The molecular formula is C9H20N2O6. The molecule has 7 N–H and O–H groups in total. The molecular weight excluding hydrogens is 232 g/mol.